The molecule has 0 aliphatic carbocycles. The molecule has 0 unspecified atom stereocenters. The molecule has 0 nitrogen and oxygen atoms in total. The Bertz CT molecular complexity index is 735. The molecule has 0 radical (unpaired) electrons. The summed E-state index contributed by atoms with van der Waals surface area (Å²) in [6.45, 7) is 0. The van der Waals surface area contributed by atoms with Crippen LogP contribution in [0.25, 0.3) is 6.08 Å². The first-order valence-electron chi connectivity index (χ1n) is 7.56. The molecule has 0 N–H and O–H groups in total. The van der Waals surface area contributed by atoms with Crippen molar-refractivity contribution in [3.63, 3.8) is 0 Å². The summed E-state index contributed by atoms with van der Waals surface area (Å²) >= 11 is 0.895. The van der Waals surface area contributed by atoms with Crippen LogP contribution in [-0.4, -0.2) is 29.9 Å². The summed E-state index contributed by atoms with van der Waals surface area (Å²) in [4.78, 5) is 0. The van der Waals surface area contributed by atoms with Crippen LogP contribution in [-0.2, 0) is 0 Å². The van der Waals surface area contributed by atoms with Crippen molar-refractivity contribution in [1.29, 1.82) is 0 Å². The molecule has 0 heterocycles. The SMILES string of the molecule is C(=C(/C[Se]c1ccccc1)[Se]c1ccccc1)/c1ccccc1. The fourth-order valence-electron chi connectivity index (χ4n) is 2.15. The average Bonchev–Trinajstić information content (AvgIpc) is 2.62. The first-order valence-corrected chi connectivity index (χ1v) is 11.3. The third kappa shape index (κ3) is 5.53. The molecule has 23 heavy (non-hydrogen) atoms. The molecule has 2 heteroatoms. The fraction of sp³-hybridized carbons (Fsp3) is 0.0476. The molecule has 0 bridgehead atoms. The van der Waals surface area contributed by atoms with Crippen LogP contribution in [0.5, 0.6) is 0 Å². The first kappa shape index (κ1) is 16.3. The summed E-state index contributed by atoms with van der Waals surface area (Å²) in [5.74, 6) is 0. The van der Waals surface area contributed by atoms with Crippen LogP contribution in [0, 0.1) is 0 Å². The number of hydrogen-bond donors (Lipinski definition) is 0. The van der Waals surface area contributed by atoms with Gasteiger partial charge in [0.05, 0.1) is 0 Å². The van der Waals surface area contributed by atoms with Gasteiger partial charge in [-0.1, -0.05) is 0 Å². The summed E-state index contributed by atoms with van der Waals surface area (Å²) in [6, 6.07) is 32.4. The van der Waals surface area contributed by atoms with E-state index in [2.05, 4.69) is 97.1 Å². The Hall–Kier alpha value is -1.56. The molecule has 0 aliphatic heterocycles. The fourth-order valence-corrected chi connectivity index (χ4v) is 6.77. The van der Waals surface area contributed by atoms with Crippen molar-refractivity contribution in [2.75, 3.05) is 0 Å². The van der Waals surface area contributed by atoms with Gasteiger partial charge >= 0.3 is 151 Å². The predicted molar refractivity (Wildman–Crippen MR) is 103 cm³/mol. The van der Waals surface area contributed by atoms with E-state index in [9.17, 15) is 0 Å². The van der Waals surface area contributed by atoms with E-state index in [0.29, 0.717) is 29.9 Å². The maximum atomic E-state index is 2.39. The van der Waals surface area contributed by atoms with Crippen molar-refractivity contribution in [3.05, 3.63) is 101 Å². The van der Waals surface area contributed by atoms with Gasteiger partial charge in [0.25, 0.3) is 0 Å². The molecule has 0 atom stereocenters. The van der Waals surface area contributed by atoms with E-state index in [1.54, 1.807) is 4.47 Å². The average molecular weight is 428 g/mol. The Morgan fingerprint density at radius 1 is 0.652 bits per heavy atom. The molecule has 0 fully saturated rings. The molecule has 0 amide bonds. The summed E-state index contributed by atoms with van der Waals surface area (Å²) in [6.07, 6.45) is 2.39. The molecular formula is C21H18Se2. The van der Waals surface area contributed by atoms with Gasteiger partial charge in [0, 0.05) is 0 Å². The third-order valence-electron chi connectivity index (χ3n) is 3.24. The molecule has 0 aromatic heterocycles. The van der Waals surface area contributed by atoms with Crippen LogP contribution in [0.15, 0.2) is 95.5 Å². The topological polar surface area (TPSA) is 0 Å². The van der Waals surface area contributed by atoms with Crippen LogP contribution in [0.2, 0.25) is 5.32 Å². The summed E-state index contributed by atoms with van der Waals surface area (Å²) in [5.41, 5.74) is 1.31. The van der Waals surface area contributed by atoms with Gasteiger partial charge < -0.3 is 0 Å². The van der Waals surface area contributed by atoms with E-state index < -0.39 is 0 Å². The third-order valence-corrected chi connectivity index (χ3v) is 8.56. The van der Waals surface area contributed by atoms with E-state index in [1.807, 2.05) is 0 Å². The van der Waals surface area contributed by atoms with E-state index in [4.69, 9.17) is 0 Å². The van der Waals surface area contributed by atoms with Crippen LogP contribution in [0.4, 0.5) is 0 Å². The Kier molecular flexibility index (Phi) is 6.32. The molecule has 114 valence electrons. The van der Waals surface area contributed by atoms with Crippen molar-refractivity contribution in [3.8, 4) is 0 Å². The van der Waals surface area contributed by atoms with Gasteiger partial charge in [-0.2, -0.15) is 0 Å². The molecule has 0 spiro atoms. The second-order valence-electron chi connectivity index (χ2n) is 5.04. The Morgan fingerprint density at radius 2 is 1.17 bits per heavy atom. The minimum atomic E-state index is 0.396. The van der Waals surface area contributed by atoms with E-state index in [-0.39, 0.29) is 0 Å². The first-order chi connectivity index (χ1) is 11.4. The van der Waals surface area contributed by atoms with Crippen LogP contribution < -0.4 is 8.92 Å². The summed E-state index contributed by atoms with van der Waals surface area (Å²) < 4.78 is 4.49. The predicted octanol–water partition coefficient (Wildman–Crippen LogP) is 3.51. The van der Waals surface area contributed by atoms with Gasteiger partial charge in [0.2, 0.25) is 0 Å². The Balaban J connectivity index is 1.77. The van der Waals surface area contributed by atoms with Gasteiger partial charge in [0.1, 0.15) is 0 Å². The number of allylic oxidation sites excluding steroid dienone is 1. The normalized spacial score (nSPS) is 11.4. The van der Waals surface area contributed by atoms with Crippen molar-refractivity contribution in [1.82, 2.24) is 0 Å². The Morgan fingerprint density at radius 3 is 1.78 bits per heavy atom. The van der Waals surface area contributed by atoms with Crippen LogP contribution in [0.1, 0.15) is 5.56 Å². The van der Waals surface area contributed by atoms with E-state index >= 15 is 0 Å². The second-order valence-corrected chi connectivity index (χ2v) is 9.76. The van der Waals surface area contributed by atoms with Crippen LogP contribution in [0.3, 0.4) is 0 Å². The molecule has 3 aromatic rings. The van der Waals surface area contributed by atoms with E-state index in [1.165, 1.54) is 19.8 Å². The zero-order valence-corrected chi connectivity index (χ0v) is 16.2. The van der Waals surface area contributed by atoms with Gasteiger partial charge in [-0.3, -0.25) is 0 Å². The zero-order chi connectivity index (χ0) is 15.7. The summed E-state index contributed by atoms with van der Waals surface area (Å²) in [5, 5.41) is 1.18. The molecule has 3 rings (SSSR count). The van der Waals surface area contributed by atoms with Crippen molar-refractivity contribution in [2.45, 2.75) is 5.32 Å². The van der Waals surface area contributed by atoms with Gasteiger partial charge in [-0.15, -0.1) is 0 Å². The number of benzene rings is 3. The van der Waals surface area contributed by atoms with Crippen molar-refractivity contribution in [2.24, 2.45) is 0 Å². The quantitative estimate of drug-likeness (QED) is 0.528. The number of hydrogen-bond acceptors (Lipinski definition) is 0. The second kappa shape index (κ2) is 8.91. The summed E-state index contributed by atoms with van der Waals surface area (Å²) in [7, 11) is 0. The van der Waals surface area contributed by atoms with Gasteiger partial charge in [-0.25, -0.2) is 0 Å². The van der Waals surface area contributed by atoms with Gasteiger partial charge in [-0.05, 0) is 0 Å². The van der Waals surface area contributed by atoms with Gasteiger partial charge in [0.15, 0.2) is 0 Å². The molecule has 0 saturated carbocycles. The maximum absolute atomic E-state index is 2.39. The molecule has 3 aromatic carbocycles. The van der Waals surface area contributed by atoms with E-state index in [0.717, 1.165) is 0 Å². The molecule has 0 aliphatic rings. The minimum absolute atomic E-state index is 0.396. The van der Waals surface area contributed by atoms with Crippen molar-refractivity contribution < 1.29 is 0 Å². The van der Waals surface area contributed by atoms with Crippen molar-refractivity contribution >= 4 is 44.9 Å². The standard InChI is InChI=1S/C21H18Se2/c1-4-10-18(11-5-1)16-21(23-20-14-8-3-9-15-20)17-22-19-12-6-2-7-13-19/h1-16H,17H2/b21-16+. The monoisotopic (exact) mass is 430 g/mol. The van der Waals surface area contributed by atoms with Crippen LogP contribution >= 0.6 is 0 Å². The molecule has 0 saturated heterocycles. The number of rotatable bonds is 6. The molecular weight excluding hydrogens is 410 g/mol. The zero-order valence-electron chi connectivity index (χ0n) is 12.8. The Labute approximate surface area is 151 Å².